The molecule has 31 heavy (non-hydrogen) atoms. The van der Waals surface area contributed by atoms with Gasteiger partial charge in [-0.15, -0.1) is 0 Å². The van der Waals surface area contributed by atoms with Gasteiger partial charge in [-0.05, 0) is 42.7 Å². The molecule has 7 nitrogen and oxygen atoms in total. The lowest BCUT2D eigenvalue weighted by Crippen LogP contribution is -2.48. The Morgan fingerprint density at radius 3 is 2.45 bits per heavy atom. The minimum atomic E-state index is -0.910. The Labute approximate surface area is 188 Å². The molecule has 0 unspecified atom stereocenters. The molecule has 1 aliphatic rings. The molecule has 0 aliphatic heterocycles. The lowest BCUT2D eigenvalue weighted by atomic mass is 10.2. The zero-order chi connectivity index (χ0) is 21.8. The van der Waals surface area contributed by atoms with Crippen LogP contribution in [0, 0.1) is 0 Å². The third kappa shape index (κ3) is 4.95. The molecular formula is C22H18Cl2N4O3. The molecule has 1 fully saturated rings. The van der Waals surface area contributed by atoms with Crippen LogP contribution < -0.4 is 15.4 Å². The molecule has 1 heterocycles. The highest BCUT2D eigenvalue weighted by Gasteiger charge is 2.51. The van der Waals surface area contributed by atoms with Gasteiger partial charge in [0.15, 0.2) is 0 Å². The van der Waals surface area contributed by atoms with Crippen LogP contribution in [0.1, 0.15) is 28.8 Å². The van der Waals surface area contributed by atoms with Crippen LogP contribution in [0.5, 0.6) is 11.5 Å². The van der Waals surface area contributed by atoms with E-state index in [1.165, 1.54) is 18.7 Å². The van der Waals surface area contributed by atoms with Crippen molar-refractivity contribution in [3.63, 3.8) is 0 Å². The van der Waals surface area contributed by atoms with Crippen LogP contribution in [-0.2, 0) is 11.3 Å². The van der Waals surface area contributed by atoms with Crippen molar-refractivity contribution in [2.24, 2.45) is 0 Å². The molecule has 1 saturated carbocycles. The predicted octanol–water partition coefficient (Wildman–Crippen LogP) is 4.15. The van der Waals surface area contributed by atoms with Gasteiger partial charge in [-0.1, -0.05) is 41.4 Å². The van der Waals surface area contributed by atoms with Crippen LogP contribution in [0.4, 0.5) is 0 Å². The fraction of sp³-hybridized carbons (Fsp3) is 0.182. The smallest absolute Gasteiger partial charge is 0.255 e. The van der Waals surface area contributed by atoms with Crippen molar-refractivity contribution in [3.05, 3.63) is 82.4 Å². The third-order valence-electron chi connectivity index (χ3n) is 4.89. The number of ether oxygens (including phenoxy) is 1. The van der Waals surface area contributed by atoms with Gasteiger partial charge in [0.25, 0.3) is 5.91 Å². The SMILES string of the molecule is O=C(NC1(C(=O)NCc2ccc(Oc3ccccc3Cl)cc2Cl)CC1)c1cncnc1. The second-order valence-electron chi connectivity index (χ2n) is 7.13. The summed E-state index contributed by atoms with van der Waals surface area (Å²) in [7, 11) is 0. The maximum atomic E-state index is 12.7. The Morgan fingerprint density at radius 2 is 1.77 bits per heavy atom. The molecule has 158 valence electrons. The summed E-state index contributed by atoms with van der Waals surface area (Å²) in [5, 5.41) is 6.56. The van der Waals surface area contributed by atoms with E-state index in [9.17, 15) is 9.59 Å². The van der Waals surface area contributed by atoms with Crippen LogP contribution in [0.15, 0.2) is 61.2 Å². The highest BCUT2D eigenvalue weighted by atomic mass is 35.5. The number of nitrogens with one attached hydrogen (secondary N) is 2. The summed E-state index contributed by atoms with van der Waals surface area (Å²) < 4.78 is 5.76. The van der Waals surface area contributed by atoms with E-state index in [2.05, 4.69) is 20.6 Å². The van der Waals surface area contributed by atoms with Gasteiger partial charge in [-0.25, -0.2) is 9.97 Å². The lowest BCUT2D eigenvalue weighted by molar-refractivity contribution is -0.124. The van der Waals surface area contributed by atoms with Gasteiger partial charge < -0.3 is 15.4 Å². The number of rotatable bonds is 7. The second kappa shape index (κ2) is 8.91. The zero-order valence-corrected chi connectivity index (χ0v) is 17.8. The molecule has 0 atom stereocenters. The number of hydrogen-bond acceptors (Lipinski definition) is 5. The van der Waals surface area contributed by atoms with Crippen molar-refractivity contribution in [2.75, 3.05) is 0 Å². The van der Waals surface area contributed by atoms with E-state index < -0.39 is 5.54 Å². The highest BCUT2D eigenvalue weighted by Crippen LogP contribution is 2.36. The Bertz CT molecular complexity index is 1120. The van der Waals surface area contributed by atoms with Crippen molar-refractivity contribution < 1.29 is 14.3 Å². The van der Waals surface area contributed by atoms with Gasteiger partial charge in [-0.2, -0.15) is 0 Å². The van der Waals surface area contributed by atoms with E-state index in [0.717, 1.165) is 5.56 Å². The van der Waals surface area contributed by atoms with Crippen LogP contribution in [0.25, 0.3) is 0 Å². The Hall–Kier alpha value is -3.16. The fourth-order valence-corrected chi connectivity index (χ4v) is 3.39. The average Bonchev–Trinajstić information content (AvgIpc) is 3.56. The summed E-state index contributed by atoms with van der Waals surface area (Å²) in [6, 6.07) is 12.3. The summed E-state index contributed by atoms with van der Waals surface area (Å²) >= 11 is 12.5. The number of benzene rings is 2. The maximum absolute atomic E-state index is 12.7. The minimum absolute atomic E-state index is 0.218. The van der Waals surface area contributed by atoms with Crippen molar-refractivity contribution in [1.82, 2.24) is 20.6 Å². The summed E-state index contributed by atoms with van der Waals surface area (Å²) in [6.45, 7) is 0.218. The van der Waals surface area contributed by atoms with Gasteiger partial charge in [-0.3, -0.25) is 9.59 Å². The molecule has 2 N–H and O–H groups in total. The second-order valence-corrected chi connectivity index (χ2v) is 7.95. The van der Waals surface area contributed by atoms with Crippen molar-refractivity contribution in [3.8, 4) is 11.5 Å². The topological polar surface area (TPSA) is 93.2 Å². The standard InChI is InChI=1S/C22H18Cl2N4O3/c23-17-3-1-2-4-19(17)31-16-6-5-14(18(24)9-16)12-27-21(30)22(7-8-22)28-20(29)15-10-25-13-26-11-15/h1-6,9-11,13H,7-8,12H2,(H,27,30)(H,28,29). The van der Waals surface area contributed by atoms with Gasteiger partial charge in [0.05, 0.1) is 10.6 Å². The number of carbonyl (C=O) groups is 2. The quantitative estimate of drug-likeness (QED) is 0.556. The predicted molar refractivity (Wildman–Crippen MR) is 116 cm³/mol. The molecule has 2 amide bonds. The normalized spacial score (nSPS) is 13.9. The molecule has 4 rings (SSSR count). The van der Waals surface area contributed by atoms with E-state index in [-0.39, 0.29) is 18.4 Å². The summed E-state index contributed by atoms with van der Waals surface area (Å²) in [4.78, 5) is 32.7. The Balaban J connectivity index is 1.36. The number of aromatic nitrogens is 2. The molecule has 0 spiro atoms. The molecule has 3 aromatic rings. The molecule has 0 saturated heterocycles. The first-order chi connectivity index (χ1) is 15.0. The van der Waals surface area contributed by atoms with E-state index in [0.29, 0.717) is 39.9 Å². The zero-order valence-electron chi connectivity index (χ0n) is 16.3. The van der Waals surface area contributed by atoms with E-state index in [1.807, 2.05) is 12.1 Å². The molecule has 1 aromatic heterocycles. The van der Waals surface area contributed by atoms with E-state index in [1.54, 1.807) is 30.3 Å². The summed E-state index contributed by atoms with van der Waals surface area (Å²) in [5.41, 5.74) is 0.116. The van der Waals surface area contributed by atoms with E-state index in [4.69, 9.17) is 27.9 Å². The first-order valence-electron chi connectivity index (χ1n) is 9.53. The van der Waals surface area contributed by atoms with Gasteiger partial charge in [0, 0.05) is 24.0 Å². The number of amides is 2. The molecule has 0 bridgehead atoms. The van der Waals surface area contributed by atoms with Crippen molar-refractivity contribution in [1.29, 1.82) is 0 Å². The number of nitrogens with zero attached hydrogens (tertiary/aromatic N) is 2. The highest BCUT2D eigenvalue weighted by molar-refractivity contribution is 6.32. The van der Waals surface area contributed by atoms with Crippen molar-refractivity contribution in [2.45, 2.75) is 24.9 Å². The third-order valence-corrected chi connectivity index (χ3v) is 5.55. The first-order valence-corrected chi connectivity index (χ1v) is 10.3. The molecule has 9 heteroatoms. The average molecular weight is 457 g/mol. The Morgan fingerprint density at radius 1 is 1.03 bits per heavy atom. The molecular weight excluding hydrogens is 439 g/mol. The lowest BCUT2D eigenvalue weighted by Gasteiger charge is -2.17. The number of halogens is 2. The molecule has 2 aromatic carbocycles. The Kier molecular flexibility index (Phi) is 6.06. The fourth-order valence-electron chi connectivity index (χ4n) is 2.97. The van der Waals surface area contributed by atoms with Gasteiger partial charge in [0.1, 0.15) is 23.4 Å². The summed E-state index contributed by atoms with van der Waals surface area (Å²) in [6.07, 6.45) is 5.28. The van der Waals surface area contributed by atoms with Gasteiger partial charge in [0.2, 0.25) is 5.91 Å². The number of carbonyl (C=O) groups excluding carboxylic acids is 2. The molecule has 0 radical (unpaired) electrons. The number of para-hydroxylation sites is 1. The van der Waals surface area contributed by atoms with Crippen LogP contribution in [0.2, 0.25) is 10.0 Å². The van der Waals surface area contributed by atoms with Crippen molar-refractivity contribution >= 4 is 35.0 Å². The van der Waals surface area contributed by atoms with Gasteiger partial charge >= 0.3 is 0 Å². The maximum Gasteiger partial charge on any atom is 0.255 e. The van der Waals surface area contributed by atoms with Crippen LogP contribution in [0.3, 0.4) is 0 Å². The number of hydrogen-bond donors (Lipinski definition) is 2. The first kappa shape index (κ1) is 21.1. The monoisotopic (exact) mass is 456 g/mol. The summed E-state index contributed by atoms with van der Waals surface area (Å²) in [5.74, 6) is 0.415. The molecule has 1 aliphatic carbocycles. The largest absolute Gasteiger partial charge is 0.456 e. The van der Waals surface area contributed by atoms with E-state index >= 15 is 0 Å². The van der Waals surface area contributed by atoms with Crippen LogP contribution in [-0.4, -0.2) is 27.3 Å². The minimum Gasteiger partial charge on any atom is -0.456 e. The van der Waals surface area contributed by atoms with Crippen LogP contribution >= 0.6 is 23.2 Å².